The van der Waals surface area contributed by atoms with E-state index in [4.69, 9.17) is 5.11 Å². The van der Waals surface area contributed by atoms with Crippen molar-refractivity contribution in [2.24, 2.45) is 11.3 Å². The predicted molar refractivity (Wildman–Crippen MR) is 74.1 cm³/mol. The van der Waals surface area contributed by atoms with E-state index in [9.17, 15) is 4.79 Å². The summed E-state index contributed by atoms with van der Waals surface area (Å²) in [6, 6.07) is 7.22. The molecule has 0 spiro atoms. The summed E-state index contributed by atoms with van der Waals surface area (Å²) in [6.45, 7) is 1.87. The highest BCUT2D eigenvalue weighted by Crippen LogP contribution is 2.56. The minimum absolute atomic E-state index is 0.375. The molecule has 2 saturated carbocycles. The Kier molecular flexibility index (Phi) is 3.31. The Morgan fingerprint density at radius 1 is 1.37 bits per heavy atom. The summed E-state index contributed by atoms with van der Waals surface area (Å²) in [4.78, 5) is 10.9. The van der Waals surface area contributed by atoms with Gasteiger partial charge >= 0.3 is 5.97 Å². The van der Waals surface area contributed by atoms with E-state index in [-0.39, 0.29) is 0 Å². The lowest BCUT2D eigenvalue weighted by Gasteiger charge is -2.43. The molecule has 0 aliphatic heterocycles. The Bertz CT molecular complexity index is 475. The first kappa shape index (κ1) is 12.7. The molecule has 2 aliphatic rings. The zero-order valence-electron chi connectivity index (χ0n) is 11.2. The van der Waals surface area contributed by atoms with Gasteiger partial charge in [-0.15, -0.1) is 0 Å². The van der Waals surface area contributed by atoms with E-state index in [1.807, 2.05) is 12.1 Å². The molecule has 0 amide bonds. The standard InChI is InChI=1S/C16H21NO2/c18-15(19)13-4-1-3-12(9-13)10-17-11-16(7-2-8-16)14-5-6-14/h1,3-4,9,14,17H,2,5-8,10-11H2,(H,18,19). The van der Waals surface area contributed by atoms with Gasteiger partial charge < -0.3 is 10.4 Å². The van der Waals surface area contributed by atoms with Crippen LogP contribution in [0.25, 0.3) is 0 Å². The molecule has 0 heterocycles. The predicted octanol–water partition coefficient (Wildman–Crippen LogP) is 3.05. The molecule has 1 aromatic rings. The third-order valence-corrected chi connectivity index (χ3v) is 4.77. The first-order valence-corrected chi connectivity index (χ1v) is 7.23. The van der Waals surface area contributed by atoms with Crippen LogP contribution in [0, 0.1) is 11.3 Å². The molecule has 102 valence electrons. The van der Waals surface area contributed by atoms with Gasteiger partial charge in [-0.1, -0.05) is 18.6 Å². The first-order chi connectivity index (χ1) is 9.20. The van der Waals surface area contributed by atoms with Gasteiger partial charge in [0.05, 0.1) is 5.56 Å². The lowest BCUT2D eigenvalue weighted by Crippen LogP contribution is -2.41. The number of rotatable bonds is 6. The summed E-state index contributed by atoms with van der Waals surface area (Å²) in [7, 11) is 0. The van der Waals surface area contributed by atoms with E-state index in [1.54, 1.807) is 12.1 Å². The summed E-state index contributed by atoms with van der Waals surface area (Å²) in [5.41, 5.74) is 2.01. The van der Waals surface area contributed by atoms with E-state index in [0.717, 1.165) is 24.6 Å². The monoisotopic (exact) mass is 259 g/mol. The van der Waals surface area contributed by atoms with Crippen molar-refractivity contribution in [3.8, 4) is 0 Å². The van der Waals surface area contributed by atoms with Gasteiger partial charge in [-0.3, -0.25) is 0 Å². The van der Waals surface area contributed by atoms with E-state index in [0.29, 0.717) is 11.0 Å². The molecule has 0 bridgehead atoms. The Morgan fingerprint density at radius 2 is 2.16 bits per heavy atom. The van der Waals surface area contributed by atoms with Gasteiger partial charge in [0.25, 0.3) is 0 Å². The van der Waals surface area contributed by atoms with Crippen molar-refractivity contribution in [3.05, 3.63) is 35.4 Å². The Morgan fingerprint density at radius 3 is 2.74 bits per heavy atom. The number of carboxylic acid groups (broad SMARTS) is 1. The van der Waals surface area contributed by atoms with Gasteiger partial charge in [0, 0.05) is 13.1 Å². The van der Waals surface area contributed by atoms with Gasteiger partial charge in [-0.05, 0) is 54.7 Å². The first-order valence-electron chi connectivity index (χ1n) is 7.23. The number of hydrogen-bond donors (Lipinski definition) is 2. The van der Waals surface area contributed by atoms with Crippen molar-refractivity contribution in [2.45, 2.75) is 38.6 Å². The third kappa shape index (κ3) is 2.66. The number of nitrogens with one attached hydrogen (secondary N) is 1. The molecular weight excluding hydrogens is 238 g/mol. The van der Waals surface area contributed by atoms with Crippen molar-refractivity contribution >= 4 is 5.97 Å². The van der Waals surface area contributed by atoms with E-state index in [2.05, 4.69) is 5.32 Å². The summed E-state index contributed by atoms with van der Waals surface area (Å²) >= 11 is 0. The molecule has 0 atom stereocenters. The van der Waals surface area contributed by atoms with Crippen molar-refractivity contribution < 1.29 is 9.90 Å². The van der Waals surface area contributed by atoms with Crippen LogP contribution in [0.15, 0.2) is 24.3 Å². The lowest BCUT2D eigenvalue weighted by atomic mass is 9.65. The molecule has 0 aromatic heterocycles. The Balaban J connectivity index is 1.54. The second kappa shape index (κ2) is 4.97. The quantitative estimate of drug-likeness (QED) is 0.825. The summed E-state index contributed by atoms with van der Waals surface area (Å²) in [5, 5.41) is 12.5. The minimum atomic E-state index is -0.852. The number of benzene rings is 1. The fraction of sp³-hybridized carbons (Fsp3) is 0.562. The van der Waals surface area contributed by atoms with Crippen molar-refractivity contribution in [2.75, 3.05) is 6.54 Å². The van der Waals surface area contributed by atoms with Crippen LogP contribution in [0.2, 0.25) is 0 Å². The van der Waals surface area contributed by atoms with Gasteiger partial charge in [-0.25, -0.2) is 4.79 Å². The largest absolute Gasteiger partial charge is 0.478 e. The molecule has 2 N–H and O–H groups in total. The van der Waals surface area contributed by atoms with Crippen LogP contribution in [-0.4, -0.2) is 17.6 Å². The Labute approximate surface area is 114 Å². The topological polar surface area (TPSA) is 49.3 Å². The maximum absolute atomic E-state index is 10.9. The van der Waals surface area contributed by atoms with Gasteiger partial charge in [0.2, 0.25) is 0 Å². The second-order valence-electron chi connectivity index (χ2n) is 6.10. The Hall–Kier alpha value is -1.35. The minimum Gasteiger partial charge on any atom is -0.478 e. The summed E-state index contributed by atoms with van der Waals surface area (Å²) < 4.78 is 0. The highest BCUT2D eigenvalue weighted by molar-refractivity contribution is 5.87. The molecule has 2 aliphatic carbocycles. The summed E-state index contributed by atoms with van der Waals surface area (Å²) in [5.74, 6) is 0.106. The molecule has 19 heavy (non-hydrogen) atoms. The third-order valence-electron chi connectivity index (χ3n) is 4.77. The van der Waals surface area contributed by atoms with Crippen LogP contribution in [0.3, 0.4) is 0 Å². The fourth-order valence-corrected chi connectivity index (χ4v) is 3.33. The van der Waals surface area contributed by atoms with E-state index in [1.165, 1.54) is 32.1 Å². The number of hydrogen-bond acceptors (Lipinski definition) is 2. The van der Waals surface area contributed by atoms with Crippen LogP contribution in [-0.2, 0) is 6.54 Å². The highest BCUT2D eigenvalue weighted by Gasteiger charge is 2.48. The summed E-state index contributed by atoms with van der Waals surface area (Å²) in [6.07, 6.45) is 6.96. The molecule has 3 nitrogen and oxygen atoms in total. The van der Waals surface area contributed by atoms with Crippen LogP contribution in [0.4, 0.5) is 0 Å². The molecule has 3 heteroatoms. The number of carbonyl (C=O) groups is 1. The fourth-order valence-electron chi connectivity index (χ4n) is 3.33. The highest BCUT2D eigenvalue weighted by atomic mass is 16.4. The second-order valence-corrected chi connectivity index (χ2v) is 6.10. The zero-order chi connectivity index (χ0) is 13.3. The van der Waals surface area contributed by atoms with Crippen molar-refractivity contribution in [3.63, 3.8) is 0 Å². The molecule has 2 fully saturated rings. The van der Waals surface area contributed by atoms with Crippen LogP contribution in [0.1, 0.15) is 48.0 Å². The maximum Gasteiger partial charge on any atom is 0.335 e. The SMILES string of the molecule is O=C(O)c1cccc(CNCC2(C3CC3)CCC2)c1. The van der Waals surface area contributed by atoms with Crippen molar-refractivity contribution in [1.82, 2.24) is 5.32 Å². The molecule has 0 unspecified atom stereocenters. The number of carboxylic acids is 1. The van der Waals surface area contributed by atoms with Gasteiger partial charge in [0.15, 0.2) is 0 Å². The van der Waals surface area contributed by atoms with Crippen molar-refractivity contribution in [1.29, 1.82) is 0 Å². The smallest absolute Gasteiger partial charge is 0.335 e. The van der Waals surface area contributed by atoms with Gasteiger partial charge in [0.1, 0.15) is 0 Å². The van der Waals surface area contributed by atoms with Crippen LogP contribution < -0.4 is 5.32 Å². The van der Waals surface area contributed by atoms with E-state index < -0.39 is 5.97 Å². The zero-order valence-corrected chi connectivity index (χ0v) is 11.2. The molecule has 0 radical (unpaired) electrons. The molecule has 3 rings (SSSR count). The van der Waals surface area contributed by atoms with Crippen LogP contribution >= 0.6 is 0 Å². The average Bonchev–Trinajstić information content (AvgIpc) is 3.17. The maximum atomic E-state index is 10.9. The van der Waals surface area contributed by atoms with Gasteiger partial charge in [-0.2, -0.15) is 0 Å². The molecule has 0 saturated heterocycles. The molecule has 1 aromatic carbocycles. The van der Waals surface area contributed by atoms with E-state index >= 15 is 0 Å². The lowest BCUT2D eigenvalue weighted by molar-refractivity contribution is 0.0696. The molecular formula is C16H21NO2. The number of aromatic carboxylic acids is 1. The normalized spacial score (nSPS) is 20.8. The average molecular weight is 259 g/mol. The van der Waals surface area contributed by atoms with Crippen LogP contribution in [0.5, 0.6) is 0 Å².